The van der Waals surface area contributed by atoms with Crippen LogP contribution < -0.4 is 21.3 Å². The van der Waals surface area contributed by atoms with E-state index in [2.05, 4.69) is 21.3 Å². The van der Waals surface area contributed by atoms with E-state index >= 15 is 0 Å². The van der Waals surface area contributed by atoms with Gasteiger partial charge in [0.15, 0.2) is 0 Å². The number of aliphatic carboxylic acids is 1. The Hall–Kier alpha value is -5.55. The van der Waals surface area contributed by atoms with Gasteiger partial charge in [-0.15, -0.1) is 0 Å². The zero-order valence-electron chi connectivity index (χ0n) is 25.9. The van der Waals surface area contributed by atoms with E-state index in [4.69, 9.17) is 0 Å². The summed E-state index contributed by atoms with van der Waals surface area (Å²) in [5, 5.41) is 31.2. The summed E-state index contributed by atoms with van der Waals surface area (Å²) in [7, 11) is 0. The van der Waals surface area contributed by atoms with Crippen LogP contribution in [0.25, 0.3) is 10.8 Å². The van der Waals surface area contributed by atoms with Crippen LogP contribution >= 0.6 is 0 Å². The Bertz CT molecular complexity index is 1700. The molecule has 6 N–H and O–H groups in total. The second-order valence-corrected chi connectivity index (χ2v) is 11.2. The number of aliphatic hydroxyl groups excluding tert-OH is 1. The Morgan fingerprint density at radius 1 is 0.532 bits per heavy atom. The first kappa shape index (κ1) is 34.3. The number of carbonyl (C=O) groups is 5. The van der Waals surface area contributed by atoms with Crippen LogP contribution in [-0.2, 0) is 43.2 Å². The molecule has 0 aliphatic carbocycles. The average molecular weight is 639 g/mol. The third-order valence-corrected chi connectivity index (χ3v) is 7.58. The summed E-state index contributed by atoms with van der Waals surface area (Å²) in [6, 6.07) is 26.3. The van der Waals surface area contributed by atoms with Crippen LogP contribution in [0.1, 0.15) is 23.6 Å². The average Bonchev–Trinajstić information content (AvgIpc) is 3.06. The number of amides is 4. The van der Waals surface area contributed by atoms with E-state index in [1.165, 1.54) is 6.92 Å². The standard InChI is InChI=1S/C36H38N4O7/c1-23(42)37-29(21-26-16-17-27-14-8-9-15-28(27)18-26)33(43)38-30(19-24-10-4-2-5-11-24)34(44)39-31(20-25-12-6-3-7-13-25)35(45)40-32(22-41)36(46)47/h2-18,29-32,41H,19-22H2,1H3,(H,37,42)(H,38,43)(H,39,44)(H,40,45)(H,46,47)/t29-,30-,31-,32+/m1/s1. The van der Waals surface area contributed by atoms with Gasteiger partial charge in [-0.25, -0.2) is 4.79 Å². The van der Waals surface area contributed by atoms with Gasteiger partial charge in [0.1, 0.15) is 24.2 Å². The fraction of sp³-hybridized carbons (Fsp3) is 0.250. The summed E-state index contributed by atoms with van der Waals surface area (Å²) in [5.41, 5.74) is 2.22. The molecule has 0 bridgehead atoms. The molecule has 0 aliphatic rings. The second-order valence-electron chi connectivity index (χ2n) is 11.2. The quantitative estimate of drug-likeness (QED) is 0.115. The van der Waals surface area contributed by atoms with E-state index < -0.39 is 60.4 Å². The van der Waals surface area contributed by atoms with Crippen molar-refractivity contribution in [1.29, 1.82) is 0 Å². The number of carbonyl (C=O) groups excluding carboxylic acids is 4. The molecular weight excluding hydrogens is 600 g/mol. The third kappa shape index (κ3) is 10.2. The lowest BCUT2D eigenvalue weighted by atomic mass is 9.99. The zero-order chi connectivity index (χ0) is 33.8. The van der Waals surface area contributed by atoms with Gasteiger partial charge in [0.25, 0.3) is 0 Å². The number of fused-ring (bicyclic) bond motifs is 1. The van der Waals surface area contributed by atoms with Crippen molar-refractivity contribution < 1.29 is 34.2 Å². The maximum Gasteiger partial charge on any atom is 0.328 e. The number of aliphatic hydroxyl groups is 1. The molecule has 4 atom stereocenters. The Morgan fingerprint density at radius 3 is 1.43 bits per heavy atom. The lowest BCUT2D eigenvalue weighted by molar-refractivity contribution is -0.143. The summed E-state index contributed by atoms with van der Waals surface area (Å²) in [6.07, 6.45) is 0.237. The SMILES string of the molecule is CC(=O)N[C@H](Cc1ccc2ccccc2c1)C(=O)N[C@H](Cc1ccccc1)C(=O)N[C@H](Cc1ccccc1)C(=O)N[C@@H](CO)C(=O)O. The third-order valence-electron chi connectivity index (χ3n) is 7.58. The molecule has 0 radical (unpaired) electrons. The Balaban J connectivity index is 1.59. The zero-order valence-corrected chi connectivity index (χ0v) is 25.9. The number of nitrogens with one attached hydrogen (secondary N) is 4. The largest absolute Gasteiger partial charge is 0.480 e. The molecule has 11 nitrogen and oxygen atoms in total. The Labute approximate surface area is 272 Å². The normalized spacial score (nSPS) is 13.4. The molecule has 0 saturated carbocycles. The van der Waals surface area contributed by atoms with Crippen molar-refractivity contribution in [1.82, 2.24) is 21.3 Å². The molecule has 0 unspecified atom stereocenters. The number of hydrogen-bond donors (Lipinski definition) is 6. The second kappa shape index (κ2) is 16.7. The van der Waals surface area contributed by atoms with Crippen molar-refractivity contribution in [2.75, 3.05) is 6.61 Å². The van der Waals surface area contributed by atoms with Gasteiger partial charge < -0.3 is 31.5 Å². The maximum atomic E-state index is 13.9. The molecule has 244 valence electrons. The summed E-state index contributed by atoms with van der Waals surface area (Å²) < 4.78 is 0. The van der Waals surface area contributed by atoms with E-state index in [9.17, 15) is 34.2 Å². The summed E-state index contributed by atoms with van der Waals surface area (Å²) in [5.74, 6) is -3.97. The molecule has 0 heterocycles. The Morgan fingerprint density at radius 2 is 0.957 bits per heavy atom. The van der Waals surface area contributed by atoms with Crippen LogP contribution in [0.15, 0.2) is 103 Å². The summed E-state index contributed by atoms with van der Waals surface area (Å²) >= 11 is 0. The van der Waals surface area contributed by atoms with Gasteiger partial charge in [-0.05, 0) is 27.5 Å². The molecule has 11 heteroatoms. The van der Waals surface area contributed by atoms with E-state index in [-0.39, 0.29) is 19.3 Å². The lowest BCUT2D eigenvalue weighted by Gasteiger charge is -2.26. The maximum absolute atomic E-state index is 13.9. The molecule has 47 heavy (non-hydrogen) atoms. The number of hydrogen-bond acceptors (Lipinski definition) is 6. The molecule has 4 rings (SSSR count). The Kier molecular flexibility index (Phi) is 12.2. The minimum atomic E-state index is -1.58. The van der Waals surface area contributed by atoms with Crippen LogP contribution in [-0.4, -0.2) is 70.6 Å². The van der Waals surface area contributed by atoms with Gasteiger partial charge in [0, 0.05) is 26.2 Å². The van der Waals surface area contributed by atoms with Crippen molar-refractivity contribution >= 4 is 40.4 Å². The predicted octanol–water partition coefficient (Wildman–Crippen LogP) is 1.90. The van der Waals surface area contributed by atoms with Crippen molar-refractivity contribution in [3.63, 3.8) is 0 Å². The number of carboxylic acids is 1. The van der Waals surface area contributed by atoms with Crippen LogP contribution in [0.5, 0.6) is 0 Å². The highest BCUT2D eigenvalue weighted by Crippen LogP contribution is 2.17. The minimum absolute atomic E-state index is 0.0126. The van der Waals surface area contributed by atoms with Gasteiger partial charge in [-0.1, -0.05) is 103 Å². The molecule has 0 spiro atoms. The smallest absolute Gasteiger partial charge is 0.328 e. The molecule has 4 aromatic rings. The summed E-state index contributed by atoms with van der Waals surface area (Å²) in [4.78, 5) is 64.5. The molecule has 0 saturated heterocycles. The van der Waals surface area contributed by atoms with Crippen molar-refractivity contribution in [2.24, 2.45) is 0 Å². The predicted molar refractivity (Wildman–Crippen MR) is 176 cm³/mol. The van der Waals surface area contributed by atoms with E-state index in [0.29, 0.717) is 5.56 Å². The first-order chi connectivity index (χ1) is 22.6. The van der Waals surface area contributed by atoms with E-state index in [0.717, 1.165) is 21.9 Å². The molecule has 0 aliphatic heterocycles. The van der Waals surface area contributed by atoms with Gasteiger partial charge in [0.05, 0.1) is 6.61 Å². The lowest BCUT2D eigenvalue weighted by Crippen LogP contribution is -2.59. The highest BCUT2D eigenvalue weighted by molar-refractivity contribution is 5.95. The molecule has 4 aromatic carbocycles. The van der Waals surface area contributed by atoms with Crippen LogP contribution in [0, 0.1) is 0 Å². The van der Waals surface area contributed by atoms with Gasteiger partial charge >= 0.3 is 5.97 Å². The van der Waals surface area contributed by atoms with Crippen molar-refractivity contribution in [3.8, 4) is 0 Å². The number of carboxylic acid groups (broad SMARTS) is 1. The van der Waals surface area contributed by atoms with Gasteiger partial charge in [-0.3, -0.25) is 19.2 Å². The van der Waals surface area contributed by atoms with Crippen LogP contribution in [0.3, 0.4) is 0 Å². The van der Waals surface area contributed by atoms with Crippen molar-refractivity contribution in [3.05, 3.63) is 120 Å². The highest BCUT2D eigenvalue weighted by Gasteiger charge is 2.31. The molecule has 0 fully saturated rings. The molecular formula is C36H38N4O7. The summed E-state index contributed by atoms with van der Waals surface area (Å²) in [6.45, 7) is 0.458. The van der Waals surface area contributed by atoms with Crippen molar-refractivity contribution in [2.45, 2.75) is 50.4 Å². The number of rotatable bonds is 15. The van der Waals surface area contributed by atoms with Gasteiger partial charge in [0.2, 0.25) is 23.6 Å². The van der Waals surface area contributed by atoms with E-state index in [1.54, 1.807) is 54.6 Å². The monoisotopic (exact) mass is 638 g/mol. The first-order valence-corrected chi connectivity index (χ1v) is 15.2. The van der Waals surface area contributed by atoms with Crippen LogP contribution in [0.4, 0.5) is 0 Å². The fourth-order valence-electron chi connectivity index (χ4n) is 5.18. The molecule has 4 amide bonds. The first-order valence-electron chi connectivity index (χ1n) is 15.2. The van der Waals surface area contributed by atoms with E-state index in [1.807, 2.05) is 48.5 Å². The highest BCUT2D eigenvalue weighted by atomic mass is 16.4. The number of benzene rings is 4. The van der Waals surface area contributed by atoms with Gasteiger partial charge in [-0.2, -0.15) is 0 Å². The fourth-order valence-corrected chi connectivity index (χ4v) is 5.18. The topological polar surface area (TPSA) is 174 Å². The van der Waals surface area contributed by atoms with Crippen LogP contribution in [0.2, 0.25) is 0 Å². The minimum Gasteiger partial charge on any atom is -0.480 e. The molecule has 0 aromatic heterocycles.